The molecule has 0 aromatic heterocycles. The van der Waals surface area contributed by atoms with Gasteiger partial charge in [0, 0.05) is 26.2 Å². The zero-order valence-corrected chi connectivity index (χ0v) is 14.4. The molecule has 0 spiro atoms. The van der Waals surface area contributed by atoms with E-state index in [1.165, 1.54) is 0 Å². The monoisotopic (exact) mass is 342 g/mol. The molecule has 2 aliphatic rings. The summed E-state index contributed by atoms with van der Waals surface area (Å²) in [6.45, 7) is 3.16. The highest BCUT2D eigenvalue weighted by Gasteiger charge is 2.54. The van der Waals surface area contributed by atoms with Crippen molar-refractivity contribution in [2.75, 3.05) is 26.2 Å². The molecule has 1 aliphatic carbocycles. The van der Waals surface area contributed by atoms with Crippen molar-refractivity contribution in [3.8, 4) is 0 Å². The zero-order chi connectivity index (χ0) is 16.6. The maximum Gasteiger partial charge on any atom is 0.201 e. The van der Waals surface area contributed by atoms with Gasteiger partial charge in [-0.2, -0.15) is 0 Å². The van der Waals surface area contributed by atoms with Gasteiger partial charge in [0.1, 0.15) is 0 Å². The molecule has 2 aromatic carbocycles. The number of hydrogen-bond acceptors (Lipinski definition) is 4. The second-order valence-electron chi connectivity index (χ2n) is 6.50. The molecule has 0 radical (unpaired) electrons. The quantitative estimate of drug-likeness (QED) is 0.929. The summed E-state index contributed by atoms with van der Waals surface area (Å²) in [5.41, 5.74) is 2.13. The lowest BCUT2D eigenvalue weighted by molar-refractivity contribution is 0.137. The topological polar surface area (TPSA) is 49.4 Å². The Morgan fingerprint density at radius 2 is 1.58 bits per heavy atom. The zero-order valence-electron chi connectivity index (χ0n) is 13.6. The van der Waals surface area contributed by atoms with Crippen LogP contribution in [0.15, 0.2) is 59.5 Å². The second-order valence-corrected chi connectivity index (χ2v) is 8.65. The fourth-order valence-corrected chi connectivity index (χ4v) is 6.44. The average Bonchev–Trinajstić information content (AvgIpc) is 3.04. The van der Waals surface area contributed by atoms with Crippen LogP contribution in [0.5, 0.6) is 0 Å². The third-order valence-electron chi connectivity index (χ3n) is 5.30. The van der Waals surface area contributed by atoms with Gasteiger partial charge < -0.3 is 5.32 Å². The van der Waals surface area contributed by atoms with E-state index in [1.54, 1.807) is 24.3 Å². The highest BCUT2D eigenvalue weighted by molar-refractivity contribution is 7.92. The summed E-state index contributed by atoms with van der Waals surface area (Å²) in [7, 11) is -3.52. The number of fused-ring (bicyclic) bond motifs is 1. The number of benzene rings is 2. The van der Waals surface area contributed by atoms with Crippen LogP contribution in [0.2, 0.25) is 0 Å². The van der Waals surface area contributed by atoms with E-state index in [0.717, 1.165) is 43.7 Å². The molecule has 2 aromatic rings. The molecule has 4 rings (SSSR count). The Morgan fingerprint density at radius 3 is 2.33 bits per heavy atom. The van der Waals surface area contributed by atoms with Gasteiger partial charge >= 0.3 is 0 Å². The molecule has 4 nitrogen and oxygen atoms in total. The van der Waals surface area contributed by atoms with Crippen LogP contribution in [0.25, 0.3) is 0 Å². The summed E-state index contributed by atoms with van der Waals surface area (Å²) < 4.78 is 27.5. The molecule has 126 valence electrons. The SMILES string of the molecule is O=S(=O)(c1ccccc1)C1(N2CCNCC2)CCc2ccccc21. The Balaban J connectivity index is 1.93. The number of aryl methyl sites for hydroxylation is 1. The van der Waals surface area contributed by atoms with E-state index in [1.807, 2.05) is 24.3 Å². The fourth-order valence-electron chi connectivity index (χ4n) is 4.16. The molecule has 1 atom stereocenters. The minimum absolute atomic E-state index is 0.417. The van der Waals surface area contributed by atoms with Gasteiger partial charge in [-0.05, 0) is 36.1 Å². The van der Waals surface area contributed by atoms with Crippen LogP contribution in [-0.4, -0.2) is 39.5 Å². The van der Waals surface area contributed by atoms with E-state index in [0.29, 0.717) is 11.3 Å². The molecular weight excluding hydrogens is 320 g/mol. The largest absolute Gasteiger partial charge is 0.314 e. The van der Waals surface area contributed by atoms with Crippen LogP contribution >= 0.6 is 0 Å². The number of nitrogens with zero attached hydrogens (tertiary/aromatic N) is 1. The average molecular weight is 342 g/mol. The van der Waals surface area contributed by atoms with Crippen LogP contribution in [-0.2, 0) is 21.1 Å². The molecule has 1 saturated heterocycles. The molecular formula is C19H22N2O2S. The first kappa shape index (κ1) is 15.8. The summed E-state index contributed by atoms with van der Waals surface area (Å²) in [5, 5.41) is 3.33. The molecule has 1 aliphatic heterocycles. The third kappa shape index (κ3) is 2.23. The number of sulfone groups is 1. The minimum Gasteiger partial charge on any atom is -0.314 e. The number of nitrogens with one attached hydrogen (secondary N) is 1. The summed E-state index contributed by atoms with van der Waals surface area (Å²) >= 11 is 0. The normalized spacial score (nSPS) is 24.7. The highest BCUT2D eigenvalue weighted by atomic mass is 32.2. The Bertz CT molecular complexity index is 829. The first-order valence-corrected chi connectivity index (χ1v) is 9.98. The van der Waals surface area contributed by atoms with Crippen LogP contribution in [0.4, 0.5) is 0 Å². The van der Waals surface area contributed by atoms with Gasteiger partial charge in [0.15, 0.2) is 4.87 Å². The smallest absolute Gasteiger partial charge is 0.201 e. The first-order valence-electron chi connectivity index (χ1n) is 8.50. The minimum atomic E-state index is -3.52. The van der Waals surface area contributed by atoms with Crippen molar-refractivity contribution in [2.24, 2.45) is 0 Å². The van der Waals surface area contributed by atoms with Gasteiger partial charge in [0.2, 0.25) is 9.84 Å². The van der Waals surface area contributed by atoms with Crippen LogP contribution in [0.3, 0.4) is 0 Å². The Morgan fingerprint density at radius 1 is 0.917 bits per heavy atom. The van der Waals surface area contributed by atoms with Gasteiger partial charge in [0.25, 0.3) is 0 Å². The fraction of sp³-hybridized carbons (Fsp3) is 0.368. The summed E-state index contributed by atoms with van der Waals surface area (Å²) in [4.78, 5) is 1.66. The molecule has 1 fully saturated rings. The molecule has 0 bridgehead atoms. The molecule has 0 amide bonds. The second kappa shape index (κ2) is 5.99. The van der Waals surface area contributed by atoms with Crippen LogP contribution in [0, 0.1) is 0 Å². The number of rotatable bonds is 3. The Labute approximate surface area is 143 Å². The lowest BCUT2D eigenvalue weighted by Gasteiger charge is -2.43. The van der Waals surface area contributed by atoms with Crippen molar-refractivity contribution >= 4 is 9.84 Å². The molecule has 5 heteroatoms. The lowest BCUT2D eigenvalue weighted by Crippen LogP contribution is -2.57. The standard InChI is InChI=1S/C19H22N2O2S/c22-24(23,17-7-2-1-3-8-17)19(21-14-12-20-13-15-21)11-10-16-6-4-5-9-18(16)19/h1-9,20H,10-15H2. The molecule has 24 heavy (non-hydrogen) atoms. The summed E-state index contributed by atoms with van der Waals surface area (Å²) in [6.07, 6.45) is 1.44. The number of hydrogen-bond donors (Lipinski definition) is 1. The van der Waals surface area contributed by atoms with Gasteiger partial charge in [-0.15, -0.1) is 0 Å². The van der Waals surface area contributed by atoms with E-state index in [2.05, 4.69) is 16.3 Å². The third-order valence-corrected chi connectivity index (χ3v) is 7.76. The van der Waals surface area contributed by atoms with E-state index >= 15 is 0 Å². The molecule has 1 heterocycles. The van der Waals surface area contributed by atoms with Gasteiger partial charge in [-0.3, -0.25) is 4.90 Å². The van der Waals surface area contributed by atoms with Crippen molar-refractivity contribution < 1.29 is 8.42 Å². The van der Waals surface area contributed by atoms with Gasteiger partial charge in [-0.1, -0.05) is 42.5 Å². The molecule has 1 N–H and O–H groups in total. The highest BCUT2D eigenvalue weighted by Crippen LogP contribution is 2.48. The Hall–Kier alpha value is -1.69. The van der Waals surface area contributed by atoms with Gasteiger partial charge in [-0.25, -0.2) is 8.42 Å². The van der Waals surface area contributed by atoms with Crippen molar-refractivity contribution in [2.45, 2.75) is 22.6 Å². The predicted octanol–water partition coefficient (Wildman–Crippen LogP) is 2.16. The summed E-state index contributed by atoms with van der Waals surface area (Å²) in [6, 6.07) is 17.0. The maximum absolute atomic E-state index is 13.8. The maximum atomic E-state index is 13.8. The number of piperazine rings is 1. The van der Waals surface area contributed by atoms with E-state index in [9.17, 15) is 8.42 Å². The predicted molar refractivity (Wildman–Crippen MR) is 94.5 cm³/mol. The van der Waals surface area contributed by atoms with E-state index < -0.39 is 14.7 Å². The molecule has 1 unspecified atom stereocenters. The van der Waals surface area contributed by atoms with Crippen molar-refractivity contribution in [3.05, 3.63) is 65.7 Å². The van der Waals surface area contributed by atoms with Crippen molar-refractivity contribution in [1.82, 2.24) is 10.2 Å². The van der Waals surface area contributed by atoms with E-state index in [4.69, 9.17) is 0 Å². The van der Waals surface area contributed by atoms with Gasteiger partial charge in [0.05, 0.1) is 4.90 Å². The van der Waals surface area contributed by atoms with Crippen molar-refractivity contribution in [1.29, 1.82) is 0 Å². The van der Waals surface area contributed by atoms with E-state index in [-0.39, 0.29) is 0 Å². The first-order chi connectivity index (χ1) is 11.7. The van der Waals surface area contributed by atoms with Crippen molar-refractivity contribution in [3.63, 3.8) is 0 Å². The van der Waals surface area contributed by atoms with Crippen LogP contribution in [0.1, 0.15) is 17.5 Å². The molecule has 0 saturated carbocycles. The summed E-state index contributed by atoms with van der Waals surface area (Å²) in [5.74, 6) is 0. The van der Waals surface area contributed by atoms with Crippen LogP contribution < -0.4 is 5.32 Å². The lowest BCUT2D eigenvalue weighted by atomic mass is 10.1. The Kier molecular flexibility index (Phi) is 3.95.